The van der Waals surface area contributed by atoms with Crippen LogP contribution in [0.1, 0.15) is 10.4 Å². The fourth-order valence-corrected chi connectivity index (χ4v) is 3.02. The van der Waals surface area contributed by atoms with Crippen molar-refractivity contribution < 1.29 is 9.59 Å². The molecule has 3 aromatic heterocycles. The Morgan fingerprint density at radius 1 is 1.07 bits per heavy atom. The molecular formula is C17H13N7O2S. The number of aromatic nitrogens is 5. The van der Waals surface area contributed by atoms with E-state index in [1.54, 1.807) is 23.0 Å². The van der Waals surface area contributed by atoms with Crippen LogP contribution in [0.5, 0.6) is 0 Å². The fourth-order valence-electron chi connectivity index (χ4n) is 2.39. The molecule has 0 fully saturated rings. The van der Waals surface area contributed by atoms with Crippen LogP contribution >= 0.6 is 11.8 Å². The summed E-state index contributed by atoms with van der Waals surface area (Å²) in [5.41, 5.74) is 6.61. The molecule has 0 spiro atoms. The van der Waals surface area contributed by atoms with Crippen molar-refractivity contribution in [3.05, 3.63) is 60.7 Å². The predicted molar refractivity (Wildman–Crippen MR) is 98.9 cm³/mol. The Morgan fingerprint density at radius 2 is 1.89 bits per heavy atom. The molecule has 0 aliphatic rings. The van der Waals surface area contributed by atoms with Gasteiger partial charge in [-0.1, -0.05) is 23.9 Å². The number of amides is 2. The number of nitrogens with one attached hydrogen (secondary N) is 2. The Balaban J connectivity index is 1.37. The van der Waals surface area contributed by atoms with Crippen LogP contribution in [-0.4, -0.2) is 42.1 Å². The molecule has 0 saturated heterocycles. The molecular weight excluding hydrogens is 366 g/mol. The lowest BCUT2D eigenvalue weighted by Crippen LogP contribution is -2.42. The van der Waals surface area contributed by atoms with E-state index in [1.807, 2.05) is 24.3 Å². The van der Waals surface area contributed by atoms with Gasteiger partial charge in [-0.3, -0.25) is 25.4 Å². The van der Waals surface area contributed by atoms with Crippen molar-refractivity contribution >= 4 is 40.1 Å². The molecule has 2 amide bonds. The Morgan fingerprint density at radius 3 is 2.74 bits per heavy atom. The summed E-state index contributed by atoms with van der Waals surface area (Å²) in [7, 11) is 0. The van der Waals surface area contributed by atoms with Gasteiger partial charge in [-0.15, -0.1) is 5.10 Å². The van der Waals surface area contributed by atoms with Crippen molar-refractivity contribution in [3.8, 4) is 0 Å². The standard InChI is InChI=1S/C17H13N7O2S/c25-14(21-22-16(26)11-5-7-18-8-6-11)9-27-17-20-15-12-3-1-2-4-13(12)19-10-24(15)23-17/h1-8,10H,9H2,(H,21,25)(H,22,26). The number of thioether (sulfide) groups is 1. The number of nitrogens with zero attached hydrogens (tertiary/aromatic N) is 5. The van der Waals surface area contributed by atoms with Gasteiger partial charge in [0.2, 0.25) is 11.1 Å². The molecule has 4 rings (SSSR count). The summed E-state index contributed by atoms with van der Waals surface area (Å²) in [6.45, 7) is 0. The van der Waals surface area contributed by atoms with E-state index in [1.165, 1.54) is 24.2 Å². The first kappa shape index (κ1) is 16.9. The lowest BCUT2D eigenvalue weighted by molar-refractivity contribution is -0.119. The van der Waals surface area contributed by atoms with Gasteiger partial charge in [-0.2, -0.15) is 0 Å². The molecule has 0 bridgehead atoms. The number of hydrogen-bond acceptors (Lipinski definition) is 7. The van der Waals surface area contributed by atoms with Gasteiger partial charge in [0.15, 0.2) is 5.65 Å². The van der Waals surface area contributed by atoms with Crippen LogP contribution < -0.4 is 10.9 Å². The highest BCUT2D eigenvalue weighted by Crippen LogP contribution is 2.19. The number of benzene rings is 1. The summed E-state index contributed by atoms with van der Waals surface area (Å²) in [6.07, 6.45) is 4.59. The van der Waals surface area contributed by atoms with E-state index >= 15 is 0 Å². The third-order valence-electron chi connectivity index (χ3n) is 3.65. The number of hydrogen-bond donors (Lipinski definition) is 2. The number of pyridine rings is 1. The zero-order valence-electron chi connectivity index (χ0n) is 13.9. The van der Waals surface area contributed by atoms with Crippen molar-refractivity contribution in [2.24, 2.45) is 0 Å². The predicted octanol–water partition coefficient (Wildman–Crippen LogP) is 1.23. The maximum Gasteiger partial charge on any atom is 0.269 e. The normalized spacial score (nSPS) is 10.8. The van der Waals surface area contributed by atoms with Crippen LogP contribution in [0.3, 0.4) is 0 Å². The third kappa shape index (κ3) is 3.70. The summed E-state index contributed by atoms with van der Waals surface area (Å²) in [5.74, 6) is -0.734. The molecule has 4 aromatic rings. The van der Waals surface area contributed by atoms with E-state index in [0.29, 0.717) is 16.4 Å². The molecule has 2 N–H and O–H groups in total. The number of carbonyl (C=O) groups excluding carboxylic acids is 2. The summed E-state index contributed by atoms with van der Waals surface area (Å²) in [6, 6.07) is 10.7. The van der Waals surface area contributed by atoms with E-state index in [2.05, 4.69) is 30.9 Å². The quantitative estimate of drug-likeness (QED) is 0.405. The number of para-hydroxylation sites is 1. The highest BCUT2D eigenvalue weighted by molar-refractivity contribution is 7.99. The summed E-state index contributed by atoms with van der Waals surface area (Å²) >= 11 is 1.17. The van der Waals surface area contributed by atoms with Gasteiger partial charge in [-0.25, -0.2) is 14.5 Å². The van der Waals surface area contributed by atoms with Crippen molar-refractivity contribution in [1.82, 2.24) is 35.4 Å². The first-order valence-electron chi connectivity index (χ1n) is 7.93. The average Bonchev–Trinajstić information content (AvgIpc) is 3.15. The van der Waals surface area contributed by atoms with Crippen molar-refractivity contribution in [2.45, 2.75) is 5.16 Å². The van der Waals surface area contributed by atoms with Crippen molar-refractivity contribution in [2.75, 3.05) is 5.75 Å². The average molecular weight is 379 g/mol. The molecule has 10 heteroatoms. The highest BCUT2D eigenvalue weighted by Gasteiger charge is 2.11. The second-order valence-electron chi connectivity index (χ2n) is 5.45. The van der Waals surface area contributed by atoms with E-state index in [4.69, 9.17) is 0 Å². The van der Waals surface area contributed by atoms with Gasteiger partial charge in [0.1, 0.15) is 6.33 Å². The molecule has 134 valence electrons. The number of hydrazine groups is 1. The Hall–Kier alpha value is -3.53. The SMILES string of the molecule is O=C(CSc1nc2c3ccccc3ncn2n1)NNC(=O)c1ccncc1. The van der Waals surface area contributed by atoms with Crippen molar-refractivity contribution in [3.63, 3.8) is 0 Å². The highest BCUT2D eigenvalue weighted by atomic mass is 32.2. The van der Waals surface area contributed by atoms with E-state index in [0.717, 1.165) is 10.9 Å². The third-order valence-corrected chi connectivity index (χ3v) is 4.49. The van der Waals surface area contributed by atoms with E-state index in [-0.39, 0.29) is 11.7 Å². The van der Waals surface area contributed by atoms with Gasteiger partial charge in [0.25, 0.3) is 5.91 Å². The Kier molecular flexibility index (Phi) is 4.62. The minimum atomic E-state index is -0.417. The molecule has 0 saturated carbocycles. The van der Waals surface area contributed by atoms with Crippen LogP contribution in [0.4, 0.5) is 0 Å². The molecule has 3 heterocycles. The zero-order chi connectivity index (χ0) is 18.6. The largest absolute Gasteiger partial charge is 0.272 e. The summed E-state index contributed by atoms with van der Waals surface area (Å²) in [5, 5.41) is 5.64. The molecule has 0 aliphatic carbocycles. The Bertz CT molecular complexity index is 1130. The minimum Gasteiger partial charge on any atom is -0.272 e. The van der Waals surface area contributed by atoms with Gasteiger partial charge in [0.05, 0.1) is 11.3 Å². The van der Waals surface area contributed by atoms with Crippen LogP contribution in [0.25, 0.3) is 16.6 Å². The molecule has 9 nitrogen and oxygen atoms in total. The molecule has 1 aromatic carbocycles. The fraction of sp³-hybridized carbons (Fsp3) is 0.0588. The molecule has 27 heavy (non-hydrogen) atoms. The monoisotopic (exact) mass is 379 g/mol. The maximum atomic E-state index is 11.9. The minimum absolute atomic E-state index is 0.0544. The van der Waals surface area contributed by atoms with Crippen LogP contribution in [0.15, 0.2) is 60.3 Å². The second kappa shape index (κ2) is 7.38. The number of fused-ring (bicyclic) bond motifs is 3. The van der Waals surface area contributed by atoms with Crippen LogP contribution in [0.2, 0.25) is 0 Å². The topological polar surface area (TPSA) is 114 Å². The van der Waals surface area contributed by atoms with Crippen LogP contribution in [-0.2, 0) is 4.79 Å². The molecule has 0 radical (unpaired) electrons. The summed E-state index contributed by atoms with van der Waals surface area (Å²) < 4.78 is 1.58. The lowest BCUT2D eigenvalue weighted by Gasteiger charge is -2.06. The van der Waals surface area contributed by atoms with Crippen LogP contribution in [0, 0.1) is 0 Å². The number of rotatable bonds is 4. The van der Waals surface area contributed by atoms with E-state index < -0.39 is 5.91 Å². The summed E-state index contributed by atoms with van der Waals surface area (Å²) in [4.78, 5) is 36.4. The smallest absolute Gasteiger partial charge is 0.269 e. The van der Waals surface area contributed by atoms with Crippen molar-refractivity contribution in [1.29, 1.82) is 0 Å². The Labute approximate surface area is 157 Å². The first-order valence-corrected chi connectivity index (χ1v) is 8.91. The zero-order valence-corrected chi connectivity index (χ0v) is 14.7. The first-order chi connectivity index (χ1) is 13.2. The maximum absolute atomic E-state index is 11.9. The number of carbonyl (C=O) groups is 2. The van der Waals surface area contributed by atoms with Gasteiger partial charge >= 0.3 is 0 Å². The van der Waals surface area contributed by atoms with Gasteiger partial charge in [0, 0.05) is 23.3 Å². The molecule has 0 unspecified atom stereocenters. The lowest BCUT2D eigenvalue weighted by atomic mass is 10.2. The molecule has 0 atom stereocenters. The van der Waals surface area contributed by atoms with E-state index in [9.17, 15) is 9.59 Å². The van der Waals surface area contributed by atoms with Gasteiger partial charge in [-0.05, 0) is 24.3 Å². The molecule has 0 aliphatic heterocycles. The second-order valence-corrected chi connectivity index (χ2v) is 6.39. The van der Waals surface area contributed by atoms with Gasteiger partial charge < -0.3 is 0 Å².